The zero-order valence-corrected chi connectivity index (χ0v) is 9.38. The molecule has 1 amide bonds. The lowest BCUT2D eigenvalue weighted by Crippen LogP contribution is -2.10. The van der Waals surface area contributed by atoms with Crippen LogP contribution in [-0.2, 0) is 4.79 Å². The van der Waals surface area contributed by atoms with Crippen molar-refractivity contribution in [3.8, 4) is 0 Å². The number of rotatable bonds is 4. The Labute approximate surface area is 92.1 Å². The number of nitrogens with one attached hydrogen (secondary N) is 1. The van der Waals surface area contributed by atoms with E-state index >= 15 is 0 Å². The van der Waals surface area contributed by atoms with Crippen molar-refractivity contribution in [2.75, 3.05) is 5.32 Å². The minimum Gasteiger partial charge on any atom is -0.326 e. The highest BCUT2D eigenvalue weighted by molar-refractivity contribution is 9.10. The van der Waals surface area contributed by atoms with Gasteiger partial charge in [-0.3, -0.25) is 4.79 Å². The highest BCUT2D eigenvalue weighted by Crippen LogP contribution is 2.14. The van der Waals surface area contributed by atoms with Crippen molar-refractivity contribution in [3.05, 3.63) is 41.4 Å². The van der Waals surface area contributed by atoms with Crippen LogP contribution in [0.5, 0.6) is 0 Å². The maximum absolute atomic E-state index is 11.3. The van der Waals surface area contributed by atoms with Crippen molar-refractivity contribution in [3.63, 3.8) is 0 Å². The van der Waals surface area contributed by atoms with Gasteiger partial charge in [0.25, 0.3) is 0 Å². The van der Waals surface area contributed by atoms with Gasteiger partial charge in [-0.25, -0.2) is 0 Å². The summed E-state index contributed by atoms with van der Waals surface area (Å²) in [5.41, 5.74) is 0.822. The van der Waals surface area contributed by atoms with Crippen molar-refractivity contribution in [1.29, 1.82) is 0 Å². The Balaban J connectivity index is 2.47. The third-order valence-electron chi connectivity index (χ3n) is 1.70. The van der Waals surface area contributed by atoms with Crippen LogP contribution in [-0.4, -0.2) is 5.91 Å². The number of hydrogen-bond donors (Lipinski definition) is 1. The predicted molar refractivity (Wildman–Crippen MR) is 62.2 cm³/mol. The van der Waals surface area contributed by atoms with E-state index in [4.69, 9.17) is 0 Å². The molecule has 1 aromatic carbocycles. The molecule has 0 heterocycles. The van der Waals surface area contributed by atoms with Crippen LogP contribution in [0.4, 0.5) is 5.69 Å². The van der Waals surface area contributed by atoms with E-state index in [0.29, 0.717) is 12.8 Å². The van der Waals surface area contributed by atoms with Crippen molar-refractivity contribution in [1.82, 2.24) is 0 Å². The summed E-state index contributed by atoms with van der Waals surface area (Å²) in [5.74, 6) is 0.0206. The van der Waals surface area contributed by atoms with Crippen LogP contribution >= 0.6 is 15.9 Å². The lowest BCUT2D eigenvalue weighted by atomic mass is 10.2. The molecule has 0 saturated carbocycles. The first-order valence-corrected chi connectivity index (χ1v) is 5.18. The molecule has 0 atom stereocenters. The molecule has 0 aliphatic carbocycles. The minimum absolute atomic E-state index is 0.0206. The fraction of sp³-hybridized carbons (Fsp3) is 0.182. The molecule has 2 nitrogen and oxygen atoms in total. The second-order valence-electron chi connectivity index (χ2n) is 2.88. The highest BCUT2D eigenvalue weighted by atomic mass is 79.9. The van der Waals surface area contributed by atoms with Gasteiger partial charge < -0.3 is 5.32 Å². The van der Waals surface area contributed by atoms with Gasteiger partial charge in [-0.2, -0.15) is 0 Å². The molecule has 1 rings (SSSR count). The van der Waals surface area contributed by atoms with Gasteiger partial charge in [0.2, 0.25) is 5.91 Å². The van der Waals surface area contributed by atoms with Crippen molar-refractivity contribution in [2.24, 2.45) is 0 Å². The molecule has 3 heteroatoms. The van der Waals surface area contributed by atoms with Gasteiger partial charge in [-0.15, -0.1) is 6.58 Å². The lowest BCUT2D eigenvalue weighted by molar-refractivity contribution is -0.116. The van der Waals surface area contributed by atoms with Gasteiger partial charge in [-0.1, -0.05) is 22.0 Å². The fourth-order valence-electron chi connectivity index (χ4n) is 0.990. The third kappa shape index (κ3) is 3.75. The minimum atomic E-state index is 0.0206. The fourth-order valence-corrected chi connectivity index (χ4v) is 1.25. The van der Waals surface area contributed by atoms with Gasteiger partial charge in [0, 0.05) is 16.6 Å². The summed E-state index contributed by atoms with van der Waals surface area (Å²) in [4.78, 5) is 11.3. The first-order chi connectivity index (χ1) is 6.72. The van der Waals surface area contributed by atoms with Gasteiger partial charge in [-0.05, 0) is 30.7 Å². The molecule has 0 aliphatic heterocycles. The molecule has 0 radical (unpaired) electrons. The molecule has 0 unspecified atom stereocenters. The van der Waals surface area contributed by atoms with Crippen LogP contribution in [0.25, 0.3) is 0 Å². The van der Waals surface area contributed by atoms with E-state index in [9.17, 15) is 4.79 Å². The Hall–Kier alpha value is -1.09. The van der Waals surface area contributed by atoms with Crippen LogP contribution in [0.15, 0.2) is 41.4 Å². The number of carbonyl (C=O) groups excluding carboxylic acids is 1. The number of anilines is 1. The van der Waals surface area contributed by atoms with Crippen LogP contribution in [0, 0.1) is 0 Å². The summed E-state index contributed by atoms with van der Waals surface area (Å²) in [6, 6.07) is 7.50. The van der Waals surface area contributed by atoms with E-state index in [1.807, 2.05) is 24.3 Å². The molecule has 0 saturated heterocycles. The molecule has 1 N–H and O–H groups in total. The molecule has 0 aliphatic rings. The Kier molecular flexibility index (Phi) is 4.40. The maximum atomic E-state index is 11.3. The summed E-state index contributed by atoms with van der Waals surface area (Å²) in [5, 5.41) is 2.80. The topological polar surface area (TPSA) is 29.1 Å². The first-order valence-electron chi connectivity index (χ1n) is 4.38. The normalized spacial score (nSPS) is 9.50. The highest BCUT2D eigenvalue weighted by Gasteiger charge is 1.99. The van der Waals surface area contributed by atoms with Crippen molar-refractivity contribution >= 4 is 27.5 Å². The van der Waals surface area contributed by atoms with Gasteiger partial charge in [0.05, 0.1) is 0 Å². The summed E-state index contributed by atoms with van der Waals surface area (Å²) in [6.45, 7) is 3.57. The molecule has 74 valence electrons. The van der Waals surface area contributed by atoms with Crippen LogP contribution in [0.2, 0.25) is 0 Å². The molecule has 0 fully saturated rings. The molecule has 0 spiro atoms. The molecule has 1 aromatic rings. The molecular weight excluding hydrogens is 242 g/mol. The average Bonchev–Trinajstić information content (AvgIpc) is 2.18. The zero-order chi connectivity index (χ0) is 10.4. The number of benzene rings is 1. The Bertz CT molecular complexity index is 319. The van der Waals surface area contributed by atoms with Crippen LogP contribution in [0.3, 0.4) is 0 Å². The summed E-state index contributed by atoms with van der Waals surface area (Å²) < 4.78 is 1.00. The predicted octanol–water partition coefficient (Wildman–Crippen LogP) is 3.35. The van der Waals surface area contributed by atoms with Gasteiger partial charge >= 0.3 is 0 Å². The number of amides is 1. The third-order valence-corrected chi connectivity index (χ3v) is 2.23. The quantitative estimate of drug-likeness (QED) is 0.820. The van der Waals surface area contributed by atoms with Crippen molar-refractivity contribution in [2.45, 2.75) is 12.8 Å². The second-order valence-corrected chi connectivity index (χ2v) is 3.80. The van der Waals surface area contributed by atoms with Gasteiger partial charge in [0.15, 0.2) is 0 Å². The van der Waals surface area contributed by atoms with Gasteiger partial charge in [0.1, 0.15) is 0 Å². The smallest absolute Gasteiger partial charge is 0.224 e. The molecular formula is C11H12BrNO. The van der Waals surface area contributed by atoms with E-state index in [0.717, 1.165) is 10.2 Å². The monoisotopic (exact) mass is 253 g/mol. The number of hydrogen-bond acceptors (Lipinski definition) is 1. The zero-order valence-electron chi connectivity index (χ0n) is 7.79. The van der Waals surface area contributed by atoms with Crippen LogP contribution < -0.4 is 5.32 Å². The first kappa shape index (κ1) is 11.0. The van der Waals surface area contributed by atoms with Crippen molar-refractivity contribution < 1.29 is 4.79 Å². The summed E-state index contributed by atoms with van der Waals surface area (Å²) in [7, 11) is 0. The van der Waals surface area contributed by atoms with E-state index in [1.54, 1.807) is 6.08 Å². The second kappa shape index (κ2) is 5.60. The van der Waals surface area contributed by atoms with E-state index in [-0.39, 0.29) is 5.91 Å². The Morgan fingerprint density at radius 2 is 2.07 bits per heavy atom. The SMILES string of the molecule is C=CCCC(=O)Nc1ccc(Br)cc1. The number of carbonyl (C=O) groups is 1. The largest absolute Gasteiger partial charge is 0.326 e. The maximum Gasteiger partial charge on any atom is 0.224 e. The average molecular weight is 254 g/mol. The van der Waals surface area contributed by atoms with Crippen LogP contribution in [0.1, 0.15) is 12.8 Å². The van der Waals surface area contributed by atoms with E-state index in [2.05, 4.69) is 27.8 Å². The summed E-state index contributed by atoms with van der Waals surface area (Å²) in [6.07, 6.45) is 2.93. The summed E-state index contributed by atoms with van der Waals surface area (Å²) >= 11 is 3.33. The standard InChI is InChI=1S/C11H12BrNO/c1-2-3-4-11(14)13-10-7-5-9(12)6-8-10/h2,5-8H,1,3-4H2,(H,13,14). The molecule has 0 bridgehead atoms. The number of halogens is 1. The Morgan fingerprint density at radius 3 is 2.64 bits per heavy atom. The molecule has 0 aromatic heterocycles. The van der Waals surface area contributed by atoms with E-state index < -0.39 is 0 Å². The Morgan fingerprint density at radius 1 is 1.43 bits per heavy atom. The molecule has 14 heavy (non-hydrogen) atoms. The lowest BCUT2D eigenvalue weighted by Gasteiger charge is -2.03. The number of allylic oxidation sites excluding steroid dienone is 1. The van der Waals surface area contributed by atoms with E-state index in [1.165, 1.54) is 0 Å².